The van der Waals surface area contributed by atoms with Gasteiger partial charge in [-0.1, -0.05) is 12.8 Å². The predicted octanol–water partition coefficient (Wildman–Crippen LogP) is 2.23. The minimum absolute atomic E-state index is 0.0797. The lowest BCUT2D eigenvalue weighted by Crippen LogP contribution is -2.21. The molecule has 0 saturated heterocycles. The van der Waals surface area contributed by atoms with Gasteiger partial charge in [0.15, 0.2) is 0 Å². The van der Waals surface area contributed by atoms with Crippen molar-refractivity contribution in [1.29, 1.82) is 0 Å². The Morgan fingerprint density at radius 3 is 2.78 bits per heavy atom. The number of rotatable bonds is 4. The van der Waals surface area contributed by atoms with Gasteiger partial charge in [0.1, 0.15) is 0 Å². The number of hydrogen-bond donors (Lipinski definition) is 3. The molecule has 0 radical (unpaired) electrons. The second kappa shape index (κ2) is 5.76. The fourth-order valence-electron chi connectivity index (χ4n) is 2.51. The monoisotopic (exact) mass is 247 g/mol. The average molecular weight is 247 g/mol. The Hall–Kier alpha value is -1.71. The highest BCUT2D eigenvalue weighted by atomic mass is 16.1. The van der Waals surface area contributed by atoms with Crippen LogP contribution in [0.5, 0.6) is 0 Å². The maximum atomic E-state index is 11.7. The number of carbonyl (C=O) groups excluding carboxylic acids is 1. The number of carbonyl (C=O) groups is 1. The van der Waals surface area contributed by atoms with Crippen molar-refractivity contribution in [3.05, 3.63) is 23.8 Å². The molecule has 0 aliphatic heterocycles. The van der Waals surface area contributed by atoms with Gasteiger partial charge in [-0.15, -0.1) is 0 Å². The number of nitrogen functional groups attached to an aromatic ring is 1. The van der Waals surface area contributed by atoms with Crippen LogP contribution >= 0.6 is 0 Å². The van der Waals surface area contributed by atoms with Crippen molar-refractivity contribution in [3.8, 4) is 0 Å². The molecule has 0 bridgehead atoms. The number of amides is 1. The number of anilines is 2. The molecule has 1 aromatic carbocycles. The van der Waals surface area contributed by atoms with E-state index < -0.39 is 0 Å². The Bertz CT molecular complexity index is 425. The minimum atomic E-state index is -0.0797. The summed E-state index contributed by atoms with van der Waals surface area (Å²) in [6, 6.07) is 5.36. The van der Waals surface area contributed by atoms with E-state index in [0.717, 1.165) is 18.2 Å². The zero-order valence-corrected chi connectivity index (χ0v) is 10.8. The van der Waals surface area contributed by atoms with Gasteiger partial charge in [-0.05, 0) is 37.0 Å². The molecule has 1 aromatic rings. The van der Waals surface area contributed by atoms with Crippen LogP contribution < -0.4 is 16.4 Å². The van der Waals surface area contributed by atoms with E-state index in [1.807, 2.05) is 6.07 Å². The van der Waals surface area contributed by atoms with Gasteiger partial charge in [0, 0.05) is 25.0 Å². The van der Waals surface area contributed by atoms with Crippen molar-refractivity contribution in [1.82, 2.24) is 5.32 Å². The van der Waals surface area contributed by atoms with E-state index in [-0.39, 0.29) is 5.91 Å². The second-order valence-corrected chi connectivity index (χ2v) is 4.92. The van der Waals surface area contributed by atoms with Crippen molar-refractivity contribution >= 4 is 17.3 Å². The topological polar surface area (TPSA) is 67.2 Å². The van der Waals surface area contributed by atoms with Gasteiger partial charge >= 0.3 is 0 Å². The number of benzene rings is 1. The summed E-state index contributed by atoms with van der Waals surface area (Å²) >= 11 is 0. The van der Waals surface area contributed by atoms with Gasteiger partial charge in [-0.3, -0.25) is 4.79 Å². The second-order valence-electron chi connectivity index (χ2n) is 4.92. The van der Waals surface area contributed by atoms with E-state index >= 15 is 0 Å². The Morgan fingerprint density at radius 2 is 2.11 bits per heavy atom. The van der Waals surface area contributed by atoms with Crippen LogP contribution in [0.1, 0.15) is 36.0 Å². The Kier molecular flexibility index (Phi) is 4.07. The van der Waals surface area contributed by atoms with E-state index in [1.54, 1.807) is 19.2 Å². The van der Waals surface area contributed by atoms with Crippen LogP contribution in [0.2, 0.25) is 0 Å². The molecule has 4 heteroatoms. The highest BCUT2D eigenvalue weighted by molar-refractivity contribution is 6.00. The summed E-state index contributed by atoms with van der Waals surface area (Å²) in [5, 5.41) is 6.02. The summed E-state index contributed by atoms with van der Waals surface area (Å²) in [6.07, 6.45) is 5.21. The Labute approximate surface area is 108 Å². The van der Waals surface area contributed by atoms with Crippen LogP contribution in [0.25, 0.3) is 0 Å². The van der Waals surface area contributed by atoms with E-state index in [9.17, 15) is 4.79 Å². The average Bonchev–Trinajstić information content (AvgIpc) is 2.88. The highest BCUT2D eigenvalue weighted by Gasteiger charge is 2.16. The molecule has 2 rings (SSSR count). The van der Waals surface area contributed by atoms with Crippen molar-refractivity contribution < 1.29 is 4.79 Å². The van der Waals surface area contributed by atoms with Crippen molar-refractivity contribution in [2.75, 3.05) is 24.6 Å². The summed E-state index contributed by atoms with van der Waals surface area (Å²) in [7, 11) is 1.64. The summed E-state index contributed by atoms with van der Waals surface area (Å²) in [5.74, 6) is 0.646. The summed E-state index contributed by atoms with van der Waals surface area (Å²) in [6.45, 7) is 0.924. The first kappa shape index (κ1) is 12.7. The first-order valence-corrected chi connectivity index (χ1v) is 6.56. The lowest BCUT2D eigenvalue weighted by molar-refractivity contribution is 0.0964. The molecule has 1 aliphatic carbocycles. The first-order chi connectivity index (χ1) is 8.70. The molecule has 18 heavy (non-hydrogen) atoms. The third kappa shape index (κ3) is 2.94. The fourth-order valence-corrected chi connectivity index (χ4v) is 2.51. The zero-order chi connectivity index (χ0) is 13.0. The molecule has 0 heterocycles. The van der Waals surface area contributed by atoms with Gasteiger partial charge in [0.25, 0.3) is 5.91 Å². The van der Waals surface area contributed by atoms with Crippen LogP contribution in [-0.4, -0.2) is 19.5 Å². The molecular weight excluding hydrogens is 226 g/mol. The molecule has 98 valence electrons. The maximum absolute atomic E-state index is 11.7. The van der Waals surface area contributed by atoms with Gasteiger partial charge in [0.05, 0.1) is 5.56 Å². The van der Waals surface area contributed by atoms with Crippen LogP contribution in [0.15, 0.2) is 18.2 Å². The van der Waals surface area contributed by atoms with Gasteiger partial charge < -0.3 is 16.4 Å². The summed E-state index contributed by atoms with van der Waals surface area (Å²) in [4.78, 5) is 11.7. The fraction of sp³-hybridized carbons (Fsp3) is 0.500. The molecule has 0 spiro atoms. The van der Waals surface area contributed by atoms with Crippen molar-refractivity contribution in [3.63, 3.8) is 0 Å². The van der Waals surface area contributed by atoms with E-state index in [0.29, 0.717) is 11.3 Å². The van der Waals surface area contributed by atoms with Gasteiger partial charge in [0.2, 0.25) is 0 Å². The molecule has 1 amide bonds. The summed E-state index contributed by atoms with van der Waals surface area (Å²) in [5.41, 5.74) is 7.95. The molecule has 4 N–H and O–H groups in total. The lowest BCUT2D eigenvalue weighted by Gasteiger charge is -2.15. The number of nitrogens with one attached hydrogen (secondary N) is 2. The molecule has 1 fully saturated rings. The minimum Gasteiger partial charge on any atom is -0.399 e. The van der Waals surface area contributed by atoms with Crippen LogP contribution in [0.4, 0.5) is 11.4 Å². The highest BCUT2D eigenvalue weighted by Crippen LogP contribution is 2.26. The SMILES string of the molecule is CNC(=O)c1ccc(N)cc1NCC1CCCC1. The standard InChI is InChI=1S/C14H21N3O/c1-16-14(18)12-7-6-11(15)8-13(12)17-9-10-4-2-3-5-10/h6-8,10,17H,2-5,9,15H2,1H3,(H,16,18). The molecule has 0 unspecified atom stereocenters. The van der Waals surface area contributed by atoms with Gasteiger partial charge in [-0.2, -0.15) is 0 Å². The van der Waals surface area contributed by atoms with E-state index in [2.05, 4.69) is 10.6 Å². The first-order valence-electron chi connectivity index (χ1n) is 6.56. The third-order valence-electron chi connectivity index (χ3n) is 3.57. The lowest BCUT2D eigenvalue weighted by atomic mass is 10.1. The van der Waals surface area contributed by atoms with Crippen molar-refractivity contribution in [2.24, 2.45) is 5.92 Å². The van der Waals surface area contributed by atoms with E-state index in [1.165, 1.54) is 25.7 Å². The molecular formula is C14H21N3O. The molecule has 0 aromatic heterocycles. The van der Waals surface area contributed by atoms with Crippen molar-refractivity contribution in [2.45, 2.75) is 25.7 Å². The number of hydrogen-bond acceptors (Lipinski definition) is 3. The molecule has 1 aliphatic rings. The Morgan fingerprint density at radius 1 is 1.39 bits per heavy atom. The predicted molar refractivity (Wildman–Crippen MR) is 74.7 cm³/mol. The molecule has 1 saturated carbocycles. The van der Waals surface area contributed by atoms with Crippen LogP contribution in [0, 0.1) is 5.92 Å². The third-order valence-corrected chi connectivity index (χ3v) is 3.57. The van der Waals surface area contributed by atoms with Gasteiger partial charge in [-0.25, -0.2) is 0 Å². The maximum Gasteiger partial charge on any atom is 0.253 e. The Balaban J connectivity index is 2.08. The van der Waals surface area contributed by atoms with Crippen LogP contribution in [-0.2, 0) is 0 Å². The quantitative estimate of drug-likeness (QED) is 0.715. The number of nitrogens with two attached hydrogens (primary N) is 1. The normalized spacial score (nSPS) is 15.6. The smallest absolute Gasteiger partial charge is 0.253 e. The zero-order valence-electron chi connectivity index (χ0n) is 10.8. The largest absolute Gasteiger partial charge is 0.399 e. The summed E-state index contributed by atoms with van der Waals surface area (Å²) < 4.78 is 0. The van der Waals surface area contributed by atoms with E-state index in [4.69, 9.17) is 5.73 Å². The van der Waals surface area contributed by atoms with Crippen LogP contribution in [0.3, 0.4) is 0 Å². The molecule has 4 nitrogen and oxygen atoms in total. The molecule has 0 atom stereocenters.